The molecular formula is C8H13NO5. The van der Waals surface area contributed by atoms with Gasteiger partial charge in [0.15, 0.2) is 0 Å². The number of aliphatic hydroxyl groups is 1. The van der Waals surface area contributed by atoms with Crippen LogP contribution in [-0.2, 0) is 4.79 Å². The summed E-state index contributed by atoms with van der Waals surface area (Å²) in [5.41, 5.74) is 0. The lowest BCUT2D eigenvalue weighted by molar-refractivity contribution is -0.142. The zero-order valence-corrected chi connectivity index (χ0v) is 7.75. The fourth-order valence-corrected chi connectivity index (χ4v) is 1.83. The maximum Gasteiger partial charge on any atom is 0.408 e. The molecule has 6 heteroatoms. The highest BCUT2D eigenvalue weighted by molar-refractivity contribution is 5.80. The summed E-state index contributed by atoms with van der Waals surface area (Å²) >= 11 is 0. The molecule has 3 N–H and O–H groups in total. The van der Waals surface area contributed by atoms with E-state index < -0.39 is 30.3 Å². The molecule has 1 saturated heterocycles. The summed E-state index contributed by atoms with van der Waals surface area (Å²) < 4.78 is 0. The van der Waals surface area contributed by atoms with Crippen LogP contribution in [0.1, 0.15) is 19.8 Å². The summed E-state index contributed by atoms with van der Waals surface area (Å²) in [6, 6.07) is -1.62. The van der Waals surface area contributed by atoms with Crippen molar-refractivity contribution in [1.29, 1.82) is 0 Å². The number of likely N-dealkylation sites (tertiary alicyclic amines) is 1. The normalized spacial score (nSPS) is 28.9. The molecule has 0 radical (unpaired) electrons. The molecule has 0 bridgehead atoms. The van der Waals surface area contributed by atoms with Crippen LogP contribution in [0.3, 0.4) is 0 Å². The molecule has 1 heterocycles. The van der Waals surface area contributed by atoms with Crippen LogP contribution < -0.4 is 0 Å². The van der Waals surface area contributed by atoms with E-state index in [2.05, 4.69) is 0 Å². The van der Waals surface area contributed by atoms with Gasteiger partial charge >= 0.3 is 12.1 Å². The topological polar surface area (TPSA) is 98.1 Å². The minimum absolute atomic E-state index is 0.261. The molecule has 0 aliphatic carbocycles. The summed E-state index contributed by atoms with van der Waals surface area (Å²) in [4.78, 5) is 22.3. The number of aliphatic carboxylic acids is 1. The van der Waals surface area contributed by atoms with Crippen molar-refractivity contribution in [3.8, 4) is 0 Å². The van der Waals surface area contributed by atoms with Gasteiger partial charge in [-0.15, -0.1) is 0 Å². The Bertz CT molecular complexity index is 252. The standard InChI is InChI=1S/C8H13NO5/c1-4(10)5-2-3-6(7(11)12)9(5)8(13)14/h4-6,10H,2-3H2,1H3,(H,11,12)(H,13,14)/t4?,5-,6-/m0/s1. The van der Waals surface area contributed by atoms with Crippen molar-refractivity contribution < 1.29 is 24.9 Å². The second kappa shape index (κ2) is 3.83. The van der Waals surface area contributed by atoms with Crippen molar-refractivity contribution in [1.82, 2.24) is 4.90 Å². The number of hydrogen-bond acceptors (Lipinski definition) is 3. The van der Waals surface area contributed by atoms with Gasteiger partial charge in [0.2, 0.25) is 0 Å². The predicted molar refractivity (Wildman–Crippen MR) is 46.0 cm³/mol. The molecule has 80 valence electrons. The highest BCUT2D eigenvalue weighted by Crippen LogP contribution is 2.26. The van der Waals surface area contributed by atoms with Gasteiger partial charge < -0.3 is 15.3 Å². The van der Waals surface area contributed by atoms with E-state index in [1.165, 1.54) is 6.92 Å². The summed E-state index contributed by atoms with van der Waals surface area (Å²) in [6.07, 6.45) is -1.48. The van der Waals surface area contributed by atoms with Gasteiger partial charge in [-0.3, -0.25) is 4.90 Å². The van der Waals surface area contributed by atoms with Crippen molar-refractivity contribution in [3.63, 3.8) is 0 Å². The Balaban J connectivity index is 2.85. The monoisotopic (exact) mass is 203 g/mol. The molecule has 0 spiro atoms. The number of hydrogen-bond donors (Lipinski definition) is 3. The van der Waals surface area contributed by atoms with Crippen LogP contribution in [0.15, 0.2) is 0 Å². The Morgan fingerprint density at radius 2 is 1.93 bits per heavy atom. The lowest BCUT2D eigenvalue weighted by Crippen LogP contribution is -2.47. The molecule has 1 aliphatic heterocycles. The Hall–Kier alpha value is -1.30. The van der Waals surface area contributed by atoms with E-state index in [-0.39, 0.29) is 6.42 Å². The second-order valence-corrected chi connectivity index (χ2v) is 3.43. The highest BCUT2D eigenvalue weighted by Gasteiger charge is 2.42. The summed E-state index contributed by atoms with van der Waals surface area (Å²) in [5, 5.41) is 26.8. The van der Waals surface area contributed by atoms with Crippen molar-refractivity contribution in [2.75, 3.05) is 0 Å². The largest absolute Gasteiger partial charge is 0.480 e. The molecule has 0 aromatic carbocycles. The lowest BCUT2D eigenvalue weighted by atomic mass is 10.1. The number of aliphatic hydroxyl groups excluding tert-OH is 1. The first-order valence-electron chi connectivity index (χ1n) is 4.37. The first kappa shape index (κ1) is 10.8. The summed E-state index contributed by atoms with van der Waals surface area (Å²) in [5.74, 6) is -1.16. The van der Waals surface area contributed by atoms with Crippen LogP contribution in [-0.4, -0.2) is 50.5 Å². The average Bonchev–Trinajstić information content (AvgIpc) is 2.46. The van der Waals surface area contributed by atoms with Gasteiger partial charge in [-0.1, -0.05) is 0 Å². The molecule has 1 aliphatic rings. The van der Waals surface area contributed by atoms with Crippen molar-refractivity contribution in [3.05, 3.63) is 0 Å². The molecule has 1 fully saturated rings. The molecule has 0 saturated carbocycles. The van der Waals surface area contributed by atoms with Crippen molar-refractivity contribution in [2.45, 2.75) is 38.0 Å². The van der Waals surface area contributed by atoms with E-state index in [0.29, 0.717) is 6.42 Å². The maximum atomic E-state index is 10.8. The van der Waals surface area contributed by atoms with E-state index >= 15 is 0 Å². The summed E-state index contributed by atoms with van der Waals surface area (Å²) in [7, 11) is 0. The quantitative estimate of drug-likeness (QED) is 0.585. The van der Waals surface area contributed by atoms with Crippen LogP contribution in [0, 0.1) is 0 Å². The highest BCUT2D eigenvalue weighted by atomic mass is 16.4. The first-order valence-corrected chi connectivity index (χ1v) is 4.37. The van der Waals surface area contributed by atoms with Crippen LogP contribution in [0.4, 0.5) is 4.79 Å². The molecule has 1 rings (SSSR count). The minimum Gasteiger partial charge on any atom is -0.480 e. The third kappa shape index (κ3) is 1.79. The molecule has 3 atom stereocenters. The Labute approximate surface area is 80.8 Å². The second-order valence-electron chi connectivity index (χ2n) is 3.43. The van der Waals surface area contributed by atoms with Gasteiger partial charge in [-0.2, -0.15) is 0 Å². The van der Waals surface area contributed by atoms with Crippen LogP contribution >= 0.6 is 0 Å². The van der Waals surface area contributed by atoms with E-state index in [1.807, 2.05) is 0 Å². The zero-order chi connectivity index (χ0) is 10.9. The number of nitrogens with zero attached hydrogens (tertiary/aromatic N) is 1. The van der Waals surface area contributed by atoms with E-state index in [1.54, 1.807) is 0 Å². The Morgan fingerprint density at radius 1 is 1.36 bits per heavy atom. The van der Waals surface area contributed by atoms with Crippen LogP contribution in [0.25, 0.3) is 0 Å². The SMILES string of the molecule is CC(O)[C@@H]1CC[C@@H](C(=O)O)N1C(=O)O. The lowest BCUT2D eigenvalue weighted by Gasteiger charge is -2.26. The zero-order valence-electron chi connectivity index (χ0n) is 7.75. The molecule has 14 heavy (non-hydrogen) atoms. The molecule has 1 unspecified atom stereocenters. The maximum absolute atomic E-state index is 10.8. The van der Waals surface area contributed by atoms with Crippen LogP contribution in [0.2, 0.25) is 0 Å². The fraction of sp³-hybridized carbons (Fsp3) is 0.750. The smallest absolute Gasteiger partial charge is 0.408 e. The van der Waals surface area contributed by atoms with Gasteiger partial charge in [0.25, 0.3) is 0 Å². The van der Waals surface area contributed by atoms with Crippen molar-refractivity contribution >= 4 is 12.1 Å². The molecule has 0 aromatic heterocycles. The van der Waals surface area contributed by atoms with Crippen molar-refractivity contribution in [2.24, 2.45) is 0 Å². The van der Waals surface area contributed by atoms with E-state index in [4.69, 9.17) is 10.2 Å². The Kier molecular flexibility index (Phi) is 2.95. The average molecular weight is 203 g/mol. The number of carboxylic acid groups (broad SMARTS) is 2. The van der Waals surface area contributed by atoms with E-state index in [0.717, 1.165) is 4.90 Å². The van der Waals surface area contributed by atoms with Crippen LogP contribution in [0.5, 0.6) is 0 Å². The van der Waals surface area contributed by atoms with Gasteiger partial charge in [0, 0.05) is 0 Å². The first-order chi connectivity index (χ1) is 6.45. The fourth-order valence-electron chi connectivity index (χ4n) is 1.83. The number of amides is 1. The number of carbonyl (C=O) groups is 2. The molecule has 0 aromatic rings. The summed E-state index contributed by atoms with van der Waals surface area (Å²) in [6.45, 7) is 1.46. The van der Waals surface area contributed by atoms with Gasteiger partial charge in [-0.05, 0) is 19.8 Å². The van der Waals surface area contributed by atoms with E-state index in [9.17, 15) is 14.7 Å². The third-order valence-corrected chi connectivity index (χ3v) is 2.49. The predicted octanol–water partition coefficient (Wildman–Crippen LogP) is -0.0372. The molecular weight excluding hydrogens is 190 g/mol. The number of carboxylic acids is 1. The number of rotatable bonds is 2. The Morgan fingerprint density at radius 3 is 2.29 bits per heavy atom. The third-order valence-electron chi connectivity index (χ3n) is 2.49. The molecule has 6 nitrogen and oxygen atoms in total. The van der Waals surface area contributed by atoms with Gasteiger partial charge in [0.1, 0.15) is 6.04 Å². The molecule has 1 amide bonds. The minimum atomic E-state index is -1.29. The van der Waals surface area contributed by atoms with Gasteiger partial charge in [0.05, 0.1) is 12.1 Å². The van der Waals surface area contributed by atoms with Gasteiger partial charge in [-0.25, -0.2) is 9.59 Å².